The highest BCUT2D eigenvalue weighted by molar-refractivity contribution is 5.97. The van der Waals surface area contributed by atoms with Gasteiger partial charge in [-0.05, 0) is 56.8 Å². The minimum Gasteiger partial charge on any atom is -0.365 e. The zero-order valence-corrected chi connectivity index (χ0v) is 25.7. The van der Waals surface area contributed by atoms with E-state index in [1.807, 2.05) is 15.5 Å². The van der Waals surface area contributed by atoms with E-state index >= 15 is 0 Å². The van der Waals surface area contributed by atoms with Crippen LogP contribution >= 0.6 is 0 Å². The molecule has 0 radical (unpaired) electrons. The SMILES string of the molecule is C=C(F)C(=O)N1CCN(c2c3c(n(CC4CCCN4C)c(=O)c2C#N)CN(c2cccc4cccc(C)c24)CC3)CC1=CC#N. The molecule has 3 aliphatic heterocycles. The smallest absolute Gasteiger partial charge is 0.286 e. The van der Waals surface area contributed by atoms with Crippen molar-refractivity contribution in [2.75, 3.05) is 49.6 Å². The van der Waals surface area contributed by atoms with Gasteiger partial charge in [0.05, 0.1) is 30.5 Å². The number of anilines is 2. The number of carbonyl (C=O) groups is 1. The minimum atomic E-state index is -1.11. The summed E-state index contributed by atoms with van der Waals surface area (Å²) in [6, 6.07) is 17.0. The van der Waals surface area contributed by atoms with E-state index in [1.54, 1.807) is 0 Å². The fourth-order valence-corrected chi connectivity index (χ4v) is 7.29. The maximum Gasteiger partial charge on any atom is 0.286 e. The van der Waals surface area contributed by atoms with Gasteiger partial charge < -0.3 is 24.2 Å². The van der Waals surface area contributed by atoms with Crippen molar-refractivity contribution in [3.8, 4) is 12.1 Å². The Bertz CT molecular complexity index is 1880. The monoisotopic (exact) mass is 605 g/mol. The number of benzene rings is 2. The van der Waals surface area contributed by atoms with E-state index in [4.69, 9.17) is 0 Å². The van der Waals surface area contributed by atoms with Crippen molar-refractivity contribution in [3.05, 3.63) is 93.3 Å². The molecule has 1 unspecified atom stereocenters. The predicted molar refractivity (Wildman–Crippen MR) is 172 cm³/mol. The third kappa shape index (κ3) is 5.36. The van der Waals surface area contributed by atoms with Crippen molar-refractivity contribution in [3.63, 3.8) is 0 Å². The Morgan fingerprint density at radius 2 is 1.87 bits per heavy atom. The molecule has 0 spiro atoms. The van der Waals surface area contributed by atoms with Crippen LogP contribution < -0.4 is 15.4 Å². The van der Waals surface area contributed by atoms with Crippen molar-refractivity contribution in [1.82, 2.24) is 14.4 Å². The first-order chi connectivity index (χ1) is 21.7. The lowest BCUT2D eigenvalue weighted by Crippen LogP contribution is -2.49. The summed E-state index contributed by atoms with van der Waals surface area (Å²) in [5, 5.41) is 22.2. The molecule has 6 rings (SSSR count). The van der Waals surface area contributed by atoms with E-state index < -0.39 is 11.7 Å². The highest BCUT2D eigenvalue weighted by Crippen LogP contribution is 2.37. The van der Waals surface area contributed by atoms with Crippen LogP contribution in [0.3, 0.4) is 0 Å². The summed E-state index contributed by atoms with van der Waals surface area (Å²) < 4.78 is 15.7. The van der Waals surface area contributed by atoms with Crippen LogP contribution in [-0.4, -0.2) is 66.1 Å². The van der Waals surface area contributed by atoms with Gasteiger partial charge in [-0.15, -0.1) is 0 Å². The highest BCUT2D eigenvalue weighted by atomic mass is 19.1. The van der Waals surface area contributed by atoms with Gasteiger partial charge in [0, 0.05) is 60.6 Å². The van der Waals surface area contributed by atoms with Crippen LogP contribution in [0.5, 0.6) is 0 Å². The number of hydrogen-bond donors (Lipinski definition) is 0. The number of hydrogen-bond acceptors (Lipinski definition) is 7. The number of carbonyl (C=O) groups excluding carboxylic acids is 1. The molecule has 0 N–H and O–H groups in total. The first-order valence-electron chi connectivity index (χ1n) is 15.4. The van der Waals surface area contributed by atoms with Crippen LogP contribution in [0, 0.1) is 29.6 Å². The minimum absolute atomic E-state index is 0.0647. The summed E-state index contributed by atoms with van der Waals surface area (Å²) in [5.41, 5.74) is 4.69. The van der Waals surface area contributed by atoms with Gasteiger partial charge in [0.2, 0.25) is 0 Å². The fraction of sp³-hybridized carbons (Fsp3) is 0.371. The normalized spacial score (nSPS) is 19.4. The first-order valence-corrected chi connectivity index (χ1v) is 15.4. The third-order valence-corrected chi connectivity index (χ3v) is 9.55. The average Bonchev–Trinajstić information content (AvgIpc) is 3.45. The summed E-state index contributed by atoms with van der Waals surface area (Å²) >= 11 is 0. The number of allylic oxidation sites excluding steroid dienone is 1. The Kier molecular flexibility index (Phi) is 8.18. The van der Waals surface area contributed by atoms with Gasteiger partial charge in [0.1, 0.15) is 11.6 Å². The summed E-state index contributed by atoms with van der Waals surface area (Å²) in [7, 11) is 2.08. The van der Waals surface area contributed by atoms with Gasteiger partial charge in [-0.2, -0.15) is 10.5 Å². The van der Waals surface area contributed by atoms with Crippen LogP contribution in [0.15, 0.2) is 65.4 Å². The summed E-state index contributed by atoms with van der Waals surface area (Å²) in [6.45, 7) is 8.32. The van der Waals surface area contributed by atoms with Crippen LogP contribution in [0.2, 0.25) is 0 Å². The summed E-state index contributed by atoms with van der Waals surface area (Å²) in [4.78, 5) is 34.5. The molecule has 0 bridgehead atoms. The topological polar surface area (TPSA) is 99.6 Å². The number of amides is 1. The molecular weight excluding hydrogens is 569 g/mol. The molecule has 1 amide bonds. The number of aromatic nitrogens is 1. The maximum atomic E-state index is 14.3. The second kappa shape index (κ2) is 12.2. The lowest BCUT2D eigenvalue weighted by molar-refractivity contribution is -0.127. The second-order valence-electron chi connectivity index (χ2n) is 12.1. The largest absolute Gasteiger partial charge is 0.365 e. The molecular formula is C35H36FN7O2. The van der Waals surface area contributed by atoms with Gasteiger partial charge in [-0.3, -0.25) is 9.59 Å². The summed E-state index contributed by atoms with van der Waals surface area (Å²) in [5.74, 6) is -2.00. The van der Waals surface area contributed by atoms with Crippen LogP contribution in [0.1, 0.15) is 35.2 Å². The number of rotatable bonds is 5. The molecule has 3 aliphatic rings. The molecule has 0 saturated carbocycles. The third-order valence-electron chi connectivity index (χ3n) is 9.55. The van der Waals surface area contributed by atoms with Crippen LogP contribution in [-0.2, 0) is 24.3 Å². The Morgan fingerprint density at radius 1 is 1.09 bits per heavy atom. The fourth-order valence-electron chi connectivity index (χ4n) is 7.29. The second-order valence-corrected chi connectivity index (χ2v) is 12.1. The molecule has 0 aliphatic carbocycles. The Morgan fingerprint density at radius 3 is 2.56 bits per heavy atom. The molecule has 3 aromatic rings. The van der Waals surface area contributed by atoms with Crippen molar-refractivity contribution in [2.45, 2.75) is 45.3 Å². The quantitative estimate of drug-likeness (QED) is 0.315. The number of likely N-dealkylation sites (tertiary alicyclic amines) is 1. The first kappa shape index (κ1) is 30.1. The maximum absolute atomic E-state index is 14.3. The van der Waals surface area contributed by atoms with Crippen molar-refractivity contribution >= 4 is 28.1 Å². The van der Waals surface area contributed by atoms with Gasteiger partial charge >= 0.3 is 0 Å². The van der Waals surface area contributed by atoms with E-state index in [0.717, 1.165) is 41.7 Å². The Labute approximate surface area is 262 Å². The van der Waals surface area contributed by atoms with E-state index in [2.05, 4.69) is 72.8 Å². The van der Waals surface area contributed by atoms with E-state index in [1.165, 1.54) is 21.9 Å². The predicted octanol–water partition coefficient (Wildman–Crippen LogP) is 4.38. The van der Waals surface area contributed by atoms with Crippen LogP contribution in [0.25, 0.3) is 10.8 Å². The van der Waals surface area contributed by atoms with E-state index in [0.29, 0.717) is 37.4 Å². The standard InChI is InChI=1S/C35H36FN7O2/c1-23-7-4-8-25-9-5-11-30(32(23)25)40-16-13-28-31(22-40)43(21-26-10-6-15-39(26)3)35(45)29(19-38)33(28)41-17-18-42(34(44)24(2)36)27(20-41)12-14-37/h4-5,7-9,11-12,26H,2,6,10,13,15-18,20-22H2,1,3H3. The molecule has 2 fully saturated rings. The number of piperazine rings is 1. The van der Waals surface area contributed by atoms with Crippen molar-refractivity contribution in [1.29, 1.82) is 10.5 Å². The number of aryl methyl sites for hydroxylation is 1. The molecule has 2 aromatic carbocycles. The zero-order valence-electron chi connectivity index (χ0n) is 25.7. The number of nitrogens with zero attached hydrogens (tertiary/aromatic N) is 7. The molecule has 9 nitrogen and oxygen atoms in total. The van der Waals surface area contributed by atoms with E-state index in [9.17, 15) is 24.5 Å². The molecule has 230 valence electrons. The van der Waals surface area contributed by atoms with Crippen LogP contribution in [0.4, 0.5) is 15.8 Å². The van der Waals surface area contributed by atoms with Crippen molar-refractivity contribution < 1.29 is 9.18 Å². The molecule has 10 heteroatoms. The Hall–Kier alpha value is -4.93. The summed E-state index contributed by atoms with van der Waals surface area (Å²) in [6.07, 6.45) is 3.85. The highest BCUT2D eigenvalue weighted by Gasteiger charge is 2.35. The zero-order chi connectivity index (χ0) is 31.8. The van der Waals surface area contributed by atoms with Gasteiger partial charge in [-0.1, -0.05) is 36.9 Å². The lowest BCUT2D eigenvalue weighted by Gasteiger charge is -2.41. The number of pyridine rings is 1. The van der Waals surface area contributed by atoms with Gasteiger partial charge in [-0.25, -0.2) is 4.39 Å². The number of nitriles is 2. The molecule has 2 saturated heterocycles. The van der Waals surface area contributed by atoms with Crippen molar-refractivity contribution in [2.24, 2.45) is 0 Å². The number of likely N-dealkylation sites (N-methyl/N-ethyl adjacent to an activating group) is 1. The lowest BCUT2D eigenvalue weighted by atomic mass is 9.95. The molecule has 45 heavy (non-hydrogen) atoms. The molecule has 1 atom stereocenters. The number of fused-ring (bicyclic) bond motifs is 2. The Balaban J connectivity index is 1.48. The molecule has 4 heterocycles. The van der Waals surface area contributed by atoms with E-state index in [-0.39, 0.29) is 36.8 Å². The molecule has 1 aromatic heterocycles. The van der Waals surface area contributed by atoms with Gasteiger partial charge in [0.15, 0.2) is 5.83 Å². The number of halogens is 1. The average molecular weight is 606 g/mol. The van der Waals surface area contributed by atoms with Gasteiger partial charge in [0.25, 0.3) is 11.5 Å².